The van der Waals surface area contributed by atoms with Gasteiger partial charge in [-0.1, -0.05) is 12.8 Å². The van der Waals surface area contributed by atoms with E-state index in [2.05, 4.69) is 16.6 Å². The molecule has 0 aliphatic carbocycles. The van der Waals surface area contributed by atoms with Crippen molar-refractivity contribution in [3.8, 4) is 12.3 Å². The molecule has 0 aromatic heterocycles. The summed E-state index contributed by atoms with van der Waals surface area (Å²) in [5.41, 5.74) is -0.508. The Hall–Kier alpha value is -2.16. The van der Waals surface area contributed by atoms with Crippen LogP contribution in [0.1, 0.15) is 18.9 Å². The number of urea groups is 1. The maximum atomic E-state index is 12.3. The molecule has 0 saturated carbocycles. The fourth-order valence-corrected chi connectivity index (χ4v) is 1.33. The molecule has 0 heterocycles. The fraction of sp³-hybridized carbons (Fsp3) is 0.308. The van der Waals surface area contributed by atoms with Gasteiger partial charge in [0.1, 0.15) is 0 Å². The van der Waals surface area contributed by atoms with Gasteiger partial charge in [-0.3, -0.25) is 0 Å². The summed E-state index contributed by atoms with van der Waals surface area (Å²) in [6.45, 7) is 1.81. The third-order valence-corrected chi connectivity index (χ3v) is 2.38. The lowest BCUT2D eigenvalue weighted by Crippen LogP contribution is -2.36. The van der Waals surface area contributed by atoms with Crippen LogP contribution in [-0.2, 0) is 6.18 Å². The molecule has 0 saturated heterocycles. The third-order valence-electron chi connectivity index (χ3n) is 2.38. The van der Waals surface area contributed by atoms with Gasteiger partial charge in [0.2, 0.25) is 0 Å². The van der Waals surface area contributed by atoms with Gasteiger partial charge < -0.3 is 10.6 Å². The Bertz CT molecular complexity index is 474. The van der Waals surface area contributed by atoms with E-state index < -0.39 is 23.8 Å². The zero-order chi connectivity index (χ0) is 14.5. The fourth-order valence-electron chi connectivity index (χ4n) is 1.33. The first-order valence-electron chi connectivity index (χ1n) is 5.57. The van der Waals surface area contributed by atoms with Crippen LogP contribution >= 0.6 is 0 Å². The quantitative estimate of drug-likeness (QED) is 0.813. The van der Waals surface area contributed by atoms with Crippen molar-refractivity contribution in [1.29, 1.82) is 0 Å². The number of alkyl halides is 3. The predicted octanol–water partition coefficient (Wildman–Crippen LogP) is 3.24. The lowest BCUT2D eigenvalue weighted by Gasteiger charge is -2.12. The van der Waals surface area contributed by atoms with Crippen molar-refractivity contribution < 1.29 is 18.0 Å². The van der Waals surface area contributed by atoms with Crippen molar-refractivity contribution in [2.75, 3.05) is 5.32 Å². The van der Waals surface area contributed by atoms with Gasteiger partial charge >= 0.3 is 12.2 Å². The molecule has 102 valence electrons. The molecule has 1 unspecified atom stereocenters. The smallest absolute Gasteiger partial charge is 0.324 e. The minimum absolute atomic E-state index is 0.261. The molecule has 0 bridgehead atoms. The number of hydrogen-bond donors (Lipinski definition) is 2. The van der Waals surface area contributed by atoms with Crippen LogP contribution in [0, 0.1) is 12.3 Å². The van der Waals surface area contributed by atoms with Crippen molar-refractivity contribution in [1.82, 2.24) is 5.32 Å². The van der Waals surface area contributed by atoms with Gasteiger partial charge in [0.15, 0.2) is 0 Å². The number of carbonyl (C=O) groups is 1. The van der Waals surface area contributed by atoms with Gasteiger partial charge in [-0.05, 0) is 30.7 Å². The molecule has 2 amide bonds. The van der Waals surface area contributed by atoms with Crippen LogP contribution in [0.5, 0.6) is 0 Å². The first-order chi connectivity index (χ1) is 8.86. The Morgan fingerprint density at radius 1 is 1.37 bits per heavy atom. The molecule has 3 nitrogen and oxygen atoms in total. The molecule has 1 aromatic carbocycles. The predicted molar refractivity (Wildman–Crippen MR) is 66.5 cm³/mol. The molecule has 0 fully saturated rings. The summed E-state index contributed by atoms with van der Waals surface area (Å²) >= 11 is 0. The van der Waals surface area contributed by atoms with Crippen LogP contribution in [0.25, 0.3) is 0 Å². The lowest BCUT2D eigenvalue weighted by atomic mass is 10.2. The highest BCUT2D eigenvalue weighted by atomic mass is 19.4. The second kappa shape index (κ2) is 6.14. The van der Waals surface area contributed by atoms with Crippen LogP contribution in [0.3, 0.4) is 0 Å². The van der Waals surface area contributed by atoms with E-state index in [-0.39, 0.29) is 5.69 Å². The van der Waals surface area contributed by atoms with Crippen molar-refractivity contribution in [2.24, 2.45) is 0 Å². The molecule has 0 radical (unpaired) electrons. The number of hydrogen-bond acceptors (Lipinski definition) is 1. The second-order valence-corrected chi connectivity index (χ2v) is 3.80. The monoisotopic (exact) mass is 270 g/mol. The molecular weight excluding hydrogens is 257 g/mol. The average molecular weight is 270 g/mol. The molecule has 19 heavy (non-hydrogen) atoms. The summed E-state index contributed by atoms with van der Waals surface area (Å²) in [6.07, 6.45) is 1.35. The van der Waals surface area contributed by atoms with Gasteiger partial charge in [-0.25, -0.2) is 4.79 Å². The molecule has 0 aliphatic rings. The van der Waals surface area contributed by atoms with Crippen LogP contribution in [-0.4, -0.2) is 12.1 Å². The lowest BCUT2D eigenvalue weighted by molar-refractivity contribution is -0.137. The molecule has 0 spiro atoms. The van der Waals surface area contributed by atoms with E-state index >= 15 is 0 Å². The van der Waals surface area contributed by atoms with Gasteiger partial charge in [-0.15, -0.1) is 6.42 Å². The molecule has 2 N–H and O–H groups in total. The van der Waals surface area contributed by atoms with Gasteiger partial charge in [0.25, 0.3) is 0 Å². The molecule has 1 aromatic rings. The summed E-state index contributed by atoms with van der Waals surface area (Å²) < 4.78 is 37.0. The van der Waals surface area contributed by atoms with E-state index in [1.807, 2.05) is 6.92 Å². The molecule has 1 atom stereocenters. The van der Waals surface area contributed by atoms with Crippen molar-refractivity contribution in [3.05, 3.63) is 29.8 Å². The average Bonchev–Trinajstić information content (AvgIpc) is 2.35. The number of nitrogens with one attached hydrogen (secondary N) is 2. The van der Waals surface area contributed by atoms with Crippen LogP contribution in [0.4, 0.5) is 23.7 Å². The Balaban J connectivity index is 2.64. The largest absolute Gasteiger partial charge is 0.416 e. The summed E-state index contributed by atoms with van der Waals surface area (Å²) in [5.74, 6) is 2.38. The highest BCUT2D eigenvalue weighted by molar-refractivity contribution is 5.89. The first-order valence-corrected chi connectivity index (χ1v) is 5.57. The normalized spacial score (nSPS) is 12.4. The molecule has 1 rings (SSSR count). The van der Waals surface area contributed by atoms with E-state index in [9.17, 15) is 18.0 Å². The minimum atomic E-state index is -4.39. The first kappa shape index (κ1) is 14.9. The summed E-state index contributed by atoms with van der Waals surface area (Å²) in [4.78, 5) is 11.5. The highest BCUT2D eigenvalue weighted by Gasteiger charge is 2.29. The number of amides is 2. The van der Waals surface area contributed by atoms with Crippen LogP contribution < -0.4 is 10.6 Å². The molecular formula is C13H13F3N2O. The topological polar surface area (TPSA) is 41.1 Å². The number of terminal acetylenes is 1. The van der Waals surface area contributed by atoms with E-state index in [0.29, 0.717) is 6.42 Å². The Labute approximate surface area is 109 Å². The minimum Gasteiger partial charge on any atom is -0.324 e. The number of rotatable bonds is 3. The highest BCUT2D eigenvalue weighted by Crippen LogP contribution is 2.29. The zero-order valence-electron chi connectivity index (χ0n) is 10.2. The Kier molecular flexibility index (Phi) is 4.81. The van der Waals surface area contributed by atoms with E-state index in [1.54, 1.807) is 0 Å². The van der Waals surface area contributed by atoms with Gasteiger partial charge in [0, 0.05) is 5.69 Å². The maximum absolute atomic E-state index is 12.3. The maximum Gasteiger partial charge on any atom is 0.416 e. The summed E-state index contributed by atoms with van der Waals surface area (Å²) in [6, 6.07) is 3.19. The van der Waals surface area contributed by atoms with Crippen LogP contribution in [0.2, 0.25) is 0 Å². The Morgan fingerprint density at radius 3 is 2.37 bits per heavy atom. The van der Waals surface area contributed by atoms with Crippen molar-refractivity contribution in [3.63, 3.8) is 0 Å². The summed E-state index contributed by atoms with van der Waals surface area (Å²) in [5, 5.41) is 4.91. The van der Waals surface area contributed by atoms with E-state index in [0.717, 1.165) is 12.1 Å². The number of carbonyl (C=O) groups excluding carboxylic acids is 1. The van der Waals surface area contributed by atoms with Gasteiger partial charge in [-0.2, -0.15) is 13.2 Å². The summed E-state index contributed by atoms with van der Waals surface area (Å²) in [7, 11) is 0. The Morgan fingerprint density at radius 2 is 1.95 bits per heavy atom. The zero-order valence-corrected chi connectivity index (χ0v) is 10.2. The number of benzene rings is 1. The number of halogens is 3. The van der Waals surface area contributed by atoms with E-state index in [4.69, 9.17) is 6.42 Å². The van der Waals surface area contributed by atoms with Crippen molar-refractivity contribution >= 4 is 11.7 Å². The molecule has 0 aliphatic heterocycles. The SMILES string of the molecule is C#CC(CC)NC(=O)Nc1ccc(C(F)(F)F)cc1. The van der Waals surface area contributed by atoms with E-state index in [1.165, 1.54) is 12.1 Å². The third kappa shape index (κ3) is 4.54. The van der Waals surface area contributed by atoms with Gasteiger partial charge in [0.05, 0.1) is 11.6 Å². The second-order valence-electron chi connectivity index (χ2n) is 3.80. The molecule has 6 heteroatoms. The van der Waals surface area contributed by atoms with Crippen LogP contribution in [0.15, 0.2) is 24.3 Å². The standard InChI is InChI=1S/C13H13F3N2O/c1-3-10(4-2)17-12(19)18-11-7-5-9(6-8-11)13(14,15)16/h1,5-8,10H,4H2,2H3,(H2,17,18,19). The van der Waals surface area contributed by atoms with Crippen molar-refractivity contribution in [2.45, 2.75) is 25.6 Å². The number of anilines is 1.